The largest absolute Gasteiger partial charge is 0.480 e. The number of para-hydroxylation sites is 1. The number of nitrogens with zero attached hydrogens (tertiary/aromatic N) is 2. The topological polar surface area (TPSA) is 53.4 Å². The molecule has 0 spiro atoms. The lowest BCUT2D eigenvalue weighted by Crippen LogP contribution is -2.37. The lowest BCUT2D eigenvalue weighted by Gasteiger charge is -2.23. The van der Waals surface area contributed by atoms with E-state index in [1.165, 1.54) is 0 Å². The first-order valence-corrected chi connectivity index (χ1v) is 6.58. The predicted octanol–water partition coefficient (Wildman–Crippen LogP) is 2.16. The van der Waals surface area contributed by atoms with Crippen molar-refractivity contribution in [2.45, 2.75) is 19.0 Å². The predicted molar refractivity (Wildman–Crippen MR) is 69.9 cm³/mol. The van der Waals surface area contributed by atoms with Crippen molar-refractivity contribution < 1.29 is 9.90 Å². The minimum absolute atomic E-state index is 0.468. The molecule has 1 aromatic carbocycles. The van der Waals surface area contributed by atoms with Crippen molar-refractivity contribution in [1.82, 2.24) is 4.98 Å². The van der Waals surface area contributed by atoms with Gasteiger partial charge in [0.15, 0.2) is 0 Å². The summed E-state index contributed by atoms with van der Waals surface area (Å²) >= 11 is 1.55. The smallest absolute Gasteiger partial charge is 0.326 e. The number of carbonyl (C=O) groups is 1. The van der Waals surface area contributed by atoms with E-state index in [0.717, 1.165) is 16.1 Å². The number of carboxylic acids is 1. The van der Waals surface area contributed by atoms with Gasteiger partial charge in [0.2, 0.25) is 0 Å². The Morgan fingerprint density at radius 1 is 1.50 bits per heavy atom. The summed E-state index contributed by atoms with van der Waals surface area (Å²) < 4.78 is 0. The summed E-state index contributed by atoms with van der Waals surface area (Å²) in [6.07, 6.45) is 2.37. The summed E-state index contributed by atoms with van der Waals surface area (Å²) in [6, 6.07) is 7.41. The van der Waals surface area contributed by atoms with Gasteiger partial charge in [0.1, 0.15) is 6.04 Å². The van der Waals surface area contributed by atoms with E-state index in [1.807, 2.05) is 29.2 Å². The Kier molecular flexibility index (Phi) is 2.76. The van der Waals surface area contributed by atoms with Gasteiger partial charge in [-0.3, -0.25) is 4.98 Å². The van der Waals surface area contributed by atoms with Crippen LogP contribution in [0.5, 0.6) is 0 Å². The summed E-state index contributed by atoms with van der Waals surface area (Å²) in [5.41, 5.74) is 3.90. The maximum absolute atomic E-state index is 11.4. The van der Waals surface area contributed by atoms with Crippen LogP contribution < -0.4 is 4.90 Å². The highest BCUT2D eigenvalue weighted by Gasteiger charge is 2.34. The molecule has 0 amide bonds. The molecular weight excluding hydrogens is 248 g/mol. The molecule has 1 atom stereocenters. The Morgan fingerprint density at radius 3 is 3.06 bits per heavy atom. The Labute approximate surface area is 109 Å². The lowest BCUT2D eigenvalue weighted by molar-refractivity contribution is -0.138. The third-order valence-corrected chi connectivity index (χ3v) is 3.95. The highest BCUT2D eigenvalue weighted by molar-refractivity contribution is 7.09. The van der Waals surface area contributed by atoms with E-state index in [1.54, 1.807) is 23.0 Å². The Balaban J connectivity index is 1.95. The number of fused-ring (bicyclic) bond motifs is 1. The molecule has 18 heavy (non-hydrogen) atoms. The summed E-state index contributed by atoms with van der Waals surface area (Å²) in [5, 5.41) is 9.33. The van der Waals surface area contributed by atoms with E-state index < -0.39 is 12.0 Å². The monoisotopic (exact) mass is 260 g/mol. The van der Waals surface area contributed by atoms with Crippen molar-refractivity contribution in [1.29, 1.82) is 0 Å². The minimum atomic E-state index is -0.768. The molecule has 1 aromatic heterocycles. The molecule has 5 heteroatoms. The Bertz CT molecular complexity index is 568. The van der Waals surface area contributed by atoms with Gasteiger partial charge in [-0.25, -0.2) is 4.79 Å². The van der Waals surface area contributed by atoms with Crippen LogP contribution in [0, 0.1) is 0 Å². The second-order valence-electron chi connectivity index (χ2n) is 4.28. The van der Waals surface area contributed by atoms with E-state index in [2.05, 4.69) is 4.98 Å². The fourth-order valence-corrected chi connectivity index (χ4v) is 2.95. The van der Waals surface area contributed by atoms with Gasteiger partial charge in [-0.1, -0.05) is 18.2 Å². The molecule has 4 nitrogen and oxygen atoms in total. The van der Waals surface area contributed by atoms with Crippen molar-refractivity contribution in [3.05, 3.63) is 46.4 Å². The quantitative estimate of drug-likeness (QED) is 0.918. The van der Waals surface area contributed by atoms with Crippen LogP contribution in [0.4, 0.5) is 5.69 Å². The van der Waals surface area contributed by atoms with Crippen molar-refractivity contribution >= 4 is 23.0 Å². The average molecular weight is 260 g/mol. The minimum Gasteiger partial charge on any atom is -0.480 e. The summed E-state index contributed by atoms with van der Waals surface area (Å²) in [5.74, 6) is -0.768. The number of carboxylic acid groups (broad SMARTS) is 1. The fraction of sp³-hybridized carbons (Fsp3) is 0.231. The van der Waals surface area contributed by atoms with E-state index in [9.17, 15) is 9.90 Å². The lowest BCUT2D eigenvalue weighted by atomic mass is 10.1. The molecule has 0 radical (unpaired) electrons. The van der Waals surface area contributed by atoms with Gasteiger partial charge < -0.3 is 10.0 Å². The average Bonchev–Trinajstić information content (AvgIpc) is 2.98. The molecule has 92 valence electrons. The second-order valence-corrected chi connectivity index (χ2v) is 5.25. The molecule has 2 heterocycles. The molecule has 0 saturated carbocycles. The molecule has 0 bridgehead atoms. The molecule has 1 aliphatic heterocycles. The molecule has 0 aliphatic carbocycles. The Morgan fingerprint density at radius 2 is 2.33 bits per heavy atom. The van der Waals surface area contributed by atoms with E-state index in [0.29, 0.717) is 13.0 Å². The maximum Gasteiger partial charge on any atom is 0.326 e. The van der Waals surface area contributed by atoms with Crippen LogP contribution in [0.1, 0.15) is 10.4 Å². The normalized spacial score (nSPS) is 17.8. The van der Waals surface area contributed by atoms with Gasteiger partial charge in [-0.05, 0) is 11.6 Å². The van der Waals surface area contributed by atoms with Crippen LogP contribution in [0.15, 0.2) is 36.0 Å². The van der Waals surface area contributed by atoms with E-state index in [4.69, 9.17) is 0 Å². The number of thiazole rings is 1. The number of anilines is 1. The molecule has 2 aromatic rings. The number of hydrogen-bond acceptors (Lipinski definition) is 4. The summed E-state index contributed by atoms with van der Waals surface area (Å²) in [4.78, 5) is 18.4. The van der Waals surface area contributed by atoms with Crippen LogP contribution in [0.3, 0.4) is 0 Å². The molecule has 1 aliphatic rings. The van der Waals surface area contributed by atoms with Crippen LogP contribution in [0.2, 0.25) is 0 Å². The zero-order chi connectivity index (χ0) is 12.5. The number of rotatable bonds is 3. The van der Waals surface area contributed by atoms with Gasteiger partial charge in [0, 0.05) is 23.2 Å². The van der Waals surface area contributed by atoms with E-state index >= 15 is 0 Å². The fourth-order valence-electron chi connectivity index (χ4n) is 2.35. The summed E-state index contributed by atoms with van der Waals surface area (Å²) in [6.45, 7) is 0.610. The van der Waals surface area contributed by atoms with E-state index in [-0.39, 0.29) is 0 Å². The molecule has 1 unspecified atom stereocenters. The van der Waals surface area contributed by atoms with Gasteiger partial charge in [0.05, 0.1) is 12.1 Å². The van der Waals surface area contributed by atoms with Crippen molar-refractivity contribution in [3.63, 3.8) is 0 Å². The first kappa shape index (κ1) is 11.2. The van der Waals surface area contributed by atoms with Crippen LogP contribution in [0.25, 0.3) is 0 Å². The molecule has 1 N–H and O–H groups in total. The molecule has 0 fully saturated rings. The Hall–Kier alpha value is -1.88. The van der Waals surface area contributed by atoms with Crippen molar-refractivity contribution in [2.75, 3.05) is 4.90 Å². The number of aliphatic carboxylic acids is 1. The third-order valence-electron chi connectivity index (χ3n) is 3.19. The first-order valence-electron chi connectivity index (χ1n) is 5.70. The third kappa shape index (κ3) is 1.86. The SMILES string of the molecule is O=C(O)C1Cc2ccccc2N1Cc1cncs1. The number of aromatic nitrogens is 1. The first-order chi connectivity index (χ1) is 8.75. The van der Waals surface area contributed by atoms with Gasteiger partial charge in [-0.2, -0.15) is 0 Å². The van der Waals surface area contributed by atoms with Crippen molar-refractivity contribution in [3.8, 4) is 0 Å². The van der Waals surface area contributed by atoms with Crippen molar-refractivity contribution in [2.24, 2.45) is 0 Å². The number of benzene rings is 1. The van der Waals surface area contributed by atoms with Gasteiger partial charge >= 0.3 is 5.97 Å². The van der Waals surface area contributed by atoms with Crippen LogP contribution >= 0.6 is 11.3 Å². The highest BCUT2D eigenvalue weighted by atomic mass is 32.1. The number of hydrogen-bond donors (Lipinski definition) is 1. The molecule has 3 rings (SSSR count). The van der Waals surface area contributed by atoms with Crippen LogP contribution in [-0.2, 0) is 17.8 Å². The molecule has 0 saturated heterocycles. The molecular formula is C13H12N2O2S. The second kappa shape index (κ2) is 4.42. The maximum atomic E-state index is 11.4. The summed E-state index contributed by atoms with van der Waals surface area (Å²) in [7, 11) is 0. The van der Waals surface area contributed by atoms with Gasteiger partial charge in [-0.15, -0.1) is 11.3 Å². The highest BCUT2D eigenvalue weighted by Crippen LogP contribution is 2.33. The zero-order valence-electron chi connectivity index (χ0n) is 9.61. The van der Waals surface area contributed by atoms with Crippen LogP contribution in [-0.4, -0.2) is 22.1 Å². The van der Waals surface area contributed by atoms with Gasteiger partial charge in [0.25, 0.3) is 0 Å². The standard InChI is InChI=1S/C13H12N2O2S/c16-13(17)12-5-9-3-1-2-4-11(9)15(12)7-10-6-14-8-18-10/h1-4,6,8,12H,5,7H2,(H,16,17). The zero-order valence-corrected chi connectivity index (χ0v) is 10.4.